The lowest BCUT2D eigenvalue weighted by Gasteiger charge is -2.23. The molecule has 1 unspecified atom stereocenters. The smallest absolute Gasteiger partial charge is 0.350 e. The number of thiazole rings is 1. The number of aromatic nitrogens is 1. The van der Waals surface area contributed by atoms with Gasteiger partial charge in [-0.15, -0.1) is 0 Å². The molecule has 46 heavy (non-hydrogen) atoms. The molecule has 234 valence electrons. The third-order valence-electron chi connectivity index (χ3n) is 7.30. The van der Waals surface area contributed by atoms with Crippen molar-refractivity contribution in [3.63, 3.8) is 0 Å². The quantitative estimate of drug-likeness (QED) is 0.0589. The average Bonchev–Trinajstić information content (AvgIpc) is 3.58. The summed E-state index contributed by atoms with van der Waals surface area (Å²) in [5, 5.41) is 11.7. The van der Waals surface area contributed by atoms with E-state index >= 15 is 0 Å². The third-order valence-corrected chi connectivity index (χ3v) is 8.44. The van der Waals surface area contributed by atoms with Crippen LogP contribution in [-0.4, -0.2) is 41.0 Å². The lowest BCUT2D eigenvalue weighted by molar-refractivity contribution is -0.132. The Morgan fingerprint density at radius 1 is 0.935 bits per heavy atom. The van der Waals surface area contributed by atoms with E-state index in [1.807, 2.05) is 31.2 Å². The number of hydrogen-bond donors (Lipinski definition) is 1. The molecule has 1 atom stereocenters. The van der Waals surface area contributed by atoms with Crippen LogP contribution >= 0.6 is 11.3 Å². The lowest BCUT2D eigenvalue weighted by Crippen LogP contribution is -2.29. The van der Waals surface area contributed by atoms with E-state index in [1.165, 1.54) is 11.0 Å². The highest BCUT2D eigenvalue weighted by atomic mass is 32.1. The second-order valence-electron chi connectivity index (χ2n) is 10.4. The van der Waals surface area contributed by atoms with Gasteiger partial charge < -0.3 is 19.3 Å². The summed E-state index contributed by atoms with van der Waals surface area (Å²) in [6.07, 6.45) is 3.06. The Bertz CT molecular complexity index is 1820. The van der Waals surface area contributed by atoms with E-state index in [0.717, 1.165) is 22.5 Å². The SMILES string of the molecule is C=CCOC(=O)c1sc(N2C(=O)C(=O)/C(=C(/O)c3ccc(OCc4ccccc4C)cc3)C2c2ccc(OCC=C)cc2)nc1C. The predicted molar refractivity (Wildman–Crippen MR) is 176 cm³/mol. The van der Waals surface area contributed by atoms with Gasteiger partial charge in [-0.1, -0.05) is 73.0 Å². The molecule has 0 saturated carbocycles. The third kappa shape index (κ3) is 6.62. The van der Waals surface area contributed by atoms with Crippen LogP contribution in [0.4, 0.5) is 5.13 Å². The van der Waals surface area contributed by atoms with Crippen LogP contribution in [0.1, 0.15) is 43.7 Å². The topological polar surface area (TPSA) is 115 Å². The number of carbonyl (C=O) groups is 3. The predicted octanol–water partition coefficient (Wildman–Crippen LogP) is 6.87. The van der Waals surface area contributed by atoms with Crippen LogP contribution in [0.25, 0.3) is 5.76 Å². The van der Waals surface area contributed by atoms with Crippen molar-refractivity contribution in [2.75, 3.05) is 18.1 Å². The highest BCUT2D eigenvalue weighted by molar-refractivity contribution is 7.17. The maximum atomic E-state index is 13.6. The van der Waals surface area contributed by atoms with Crippen LogP contribution in [0.5, 0.6) is 11.5 Å². The monoisotopic (exact) mass is 636 g/mol. The molecule has 0 radical (unpaired) electrons. The second-order valence-corrected chi connectivity index (χ2v) is 11.4. The Morgan fingerprint density at radius 2 is 1.59 bits per heavy atom. The van der Waals surface area contributed by atoms with E-state index < -0.39 is 23.7 Å². The minimum atomic E-state index is -1.05. The molecular weight excluding hydrogens is 604 g/mol. The van der Waals surface area contributed by atoms with Crippen LogP contribution in [-0.2, 0) is 20.9 Å². The minimum Gasteiger partial charge on any atom is -0.507 e. The summed E-state index contributed by atoms with van der Waals surface area (Å²) in [5.41, 5.74) is 3.21. The number of esters is 1. The molecule has 3 aromatic carbocycles. The first-order valence-corrected chi connectivity index (χ1v) is 15.2. The first-order chi connectivity index (χ1) is 22.2. The summed E-state index contributed by atoms with van der Waals surface area (Å²) in [4.78, 5) is 45.7. The summed E-state index contributed by atoms with van der Waals surface area (Å²) in [5.74, 6) is -1.64. The zero-order valence-corrected chi connectivity index (χ0v) is 26.2. The molecule has 4 aromatic rings. The number of aliphatic hydroxyl groups excluding tert-OH is 1. The number of Topliss-reactive ketones (excluding diaryl/α,β-unsaturated/α-hetero) is 1. The lowest BCUT2D eigenvalue weighted by atomic mass is 9.95. The van der Waals surface area contributed by atoms with Gasteiger partial charge in [0.15, 0.2) is 5.13 Å². The molecule has 1 aliphatic heterocycles. The normalized spacial score (nSPS) is 15.4. The second kappa shape index (κ2) is 14.1. The highest BCUT2D eigenvalue weighted by Crippen LogP contribution is 2.44. The minimum absolute atomic E-state index is 0.00597. The Labute approximate surface area is 270 Å². The first kappa shape index (κ1) is 31.9. The number of carbonyl (C=O) groups excluding carboxylic acids is 3. The highest BCUT2D eigenvalue weighted by Gasteiger charge is 2.48. The standard InChI is InChI=1S/C36H32N2O7S/c1-5-19-43-27-15-11-24(12-16-27)30-29(31(39)25-13-17-28(18-14-25)45-21-26-10-8-7-9-22(26)3)32(40)34(41)38(30)36-37-23(4)33(46-36)35(42)44-20-6-2/h5-18,30,39H,1-2,19-21H2,3-4H3/b31-29+. The number of benzene rings is 3. The zero-order valence-electron chi connectivity index (χ0n) is 25.4. The number of aryl methyl sites for hydroxylation is 2. The van der Waals surface area contributed by atoms with Gasteiger partial charge in [0, 0.05) is 5.56 Å². The summed E-state index contributed by atoms with van der Waals surface area (Å²) in [7, 11) is 0. The van der Waals surface area contributed by atoms with Gasteiger partial charge in [-0.05, 0) is 66.9 Å². The van der Waals surface area contributed by atoms with E-state index in [0.29, 0.717) is 41.5 Å². The van der Waals surface area contributed by atoms with Crippen molar-refractivity contribution in [1.82, 2.24) is 4.98 Å². The van der Waals surface area contributed by atoms with Gasteiger partial charge in [0.05, 0.1) is 17.3 Å². The number of nitrogens with zero attached hydrogens (tertiary/aromatic N) is 2. The Kier molecular flexibility index (Phi) is 9.78. The fourth-order valence-electron chi connectivity index (χ4n) is 4.92. The molecule has 2 heterocycles. The van der Waals surface area contributed by atoms with E-state index in [1.54, 1.807) is 61.5 Å². The van der Waals surface area contributed by atoms with Crippen molar-refractivity contribution >= 4 is 39.9 Å². The zero-order chi connectivity index (χ0) is 32.8. The van der Waals surface area contributed by atoms with Gasteiger partial charge in [-0.3, -0.25) is 14.5 Å². The number of rotatable bonds is 12. The molecule has 0 aliphatic carbocycles. The van der Waals surface area contributed by atoms with Gasteiger partial charge in [-0.2, -0.15) is 0 Å². The molecule has 0 spiro atoms. The van der Waals surface area contributed by atoms with E-state index in [-0.39, 0.29) is 27.9 Å². The van der Waals surface area contributed by atoms with Crippen LogP contribution in [0, 0.1) is 13.8 Å². The maximum Gasteiger partial charge on any atom is 0.350 e. The molecule has 1 aliphatic rings. The maximum absolute atomic E-state index is 13.6. The number of ether oxygens (including phenoxy) is 3. The number of anilines is 1. The Morgan fingerprint density at radius 3 is 2.26 bits per heavy atom. The van der Waals surface area contributed by atoms with Crippen molar-refractivity contribution in [2.24, 2.45) is 0 Å². The van der Waals surface area contributed by atoms with Gasteiger partial charge >= 0.3 is 11.9 Å². The fourth-order valence-corrected chi connectivity index (χ4v) is 5.91. The number of amides is 1. The van der Waals surface area contributed by atoms with Crippen LogP contribution in [0.2, 0.25) is 0 Å². The van der Waals surface area contributed by atoms with Gasteiger partial charge in [0.1, 0.15) is 42.0 Å². The van der Waals surface area contributed by atoms with Crippen LogP contribution in [0.3, 0.4) is 0 Å². The molecule has 1 aromatic heterocycles. The molecule has 1 saturated heterocycles. The largest absolute Gasteiger partial charge is 0.507 e. The van der Waals surface area contributed by atoms with Crippen LogP contribution in [0.15, 0.2) is 104 Å². The Balaban J connectivity index is 1.52. The van der Waals surface area contributed by atoms with Crippen molar-refractivity contribution in [3.05, 3.63) is 137 Å². The molecule has 10 heteroatoms. The fraction of sp³-hybridized carbons (Fsp3) is 0.167. The van der Waals surface area contributed by atoms with Gasteiger partial charge in [-0.25, -0.2) is 9.78 Å². The molecule has 9 nitrogen and oxygen atoms in total. The van der Waals surface area contributed by atoms with Crippen molar-refractivity contribution in [2.45, 2.75) is 26.5 Å². The van der Waals surface area contributed by atoms with Crippen molar-refractivity contribution in [3.8, 4) is 11.5 Å². The van der Waals surface area contributed by atoms with Crippen molar-refractivity contribution < 1.29 is 33.7 Å². The summed E-state index contributed by atoms with van der Waals surface area (Å²) in [6.45, 7) is 11.5. The van der Waals surface area contributed by atoms with Gasteiger partial charge in [0.25, 0.3) is 5.78 Å². The average molecular weight is 637 g/mol. The molecule has 1 N–H and O–H groups in total. The van der Waals surface area contributed by atoms with E-state index in [2.05, 4.69) is 18.1 Å². The summed E-state index contributed by atoms with van der Waals surface area (Å²) >= 11 is 0.926. The number of aliphatic hydroxyl groups is 1. The van der Waals surface area contributed by atoms with E-state index in [9.17, 15) is 19.5 Å². The molecule has 1 amide bonds. The van der Waals surface area contributed by atoms with Gasteiger partial charge in [0.2, 0.25) is 0 Å². The Hall–Kier alpha value is -5.48. The number of hydrogen-bond acceptors (Lipinski definition) is 9. The summed E-state index contributed by atoms with van der Waals surface area (Å²) in [6, 6.07) is 20.3. The van der Waals surface area contributed by atoms with E-state index in [4.69, 9.17) is 14.2 Å². The molecule has 1 fully saturated rings. The van der Waals surface area contributed by atoms with Crippen LogP contribution < -0.4 is 14.4 Å². The van der Waals surface area contributed by atoms with Crippen molar-refractivity contribution in [1.29, 1.82) is 0 Å². The first-order valence-electron chi connectivity index (χ1n) is 14.4. The molecule has 0 bridgehead atoms. The molecule has 5 rings (SSSR count). The summed E-state index contributed by atoms with van der Waals surface area (Å²) < 4.78 is 16.7. The number of ketones is 1. The molecular formula is C36H32N2O7S.